The minimum absolute atomic E-state index is 0.376. The molecule has 2 aromatic rings. The van der Waals surface area contributed by atoms with E-state index in [0.29, 0.717) is 17.2 Å². The quantitative estimate of drug-likeness (QED) is 0.655. The highest BCUT2D eigenvalue weighted by atomic mass is 16.5. The lowest BCUT2D eigenvalue weighted by atomic mass is 10.3. The van der Waals surface area contributed by atoms with Crippen LogP contribution in [-0.2, 0) is 14.3 Å². The number of benzene rings is 1. The molecule has 0 aliphatic carbocycles. The molecule has 0 saturated carbocycles. The molecular formula is C16H15NO5. The summed E-state index contributed by atoms with van der Waals surface area (Å²) in [6.45, 7) is -0.376. The molecule has 6 nitrogen and oxygen atoms in total. The first kappa shape index (κ1) is 15.4. The summed E-state index contributed by atoms with van der Waals surface area (Å²) in [5.41, 5.74) is 0.562. The molecule has 0 fully saturated rings. The number of carbonyl (C=O) groups excluding carboxylic acids is 2. The van der Waals surface area contributed by atoms with Crippen LogP contribution in [0.1, 0.15) is 5.76 Å². The van der Waals surface area contributed by atoms with Gasteiger partial charge in [-0.2, -0.15) is 0 Å². The molecule has 22 heavy (non-hydrogen) atoms. The van der Waals surface area contributed by atoms with Crippen molar-refractivity contribution in [2.45, 2.75) is 0 Å². The number of anilines is 1. The maximum atomic E-state index is 11.7. The molecule has 0 aliphatic rings. The van der Waals surface area contributed by atoms with Gasteiger partial charge in [0.05, 0.1) is 13.4 Å². The van der Waals surface area contributed by atoms with Gasteiger partial charge < -0.3 is 19.2 Å². The van der Waals surface area contributed by atoms with E-state index in [2.05, 4.69) is 5.32 Å². The molecule has 0 spiro atoms. The third-order valence-corrected chi connectivity index (χ3v) is 2.63. The monoisotopic (exact) mass is 301 g/mol. The van der Waals surface area contributed by atoms with Crippen LogP contribution in [0.5, 0.6) is 5.75 Å². The normalized spacial score (nSPS) is 10.4. The number of ether oxygens (including phenoxy) is 2. The van der Waals surface area contributed by atoms with E-state index in [-0.39, 0.29) is 6.61 Å². The Kier molecular flexibility index (Phi) is 5.37. The largest absolute Gasteiger partial charge is 0.497 e. The van der Waals surface area contributed by atoms with Gasteiger partial charge in [0.25, 0.3) is 5.91 Å². The number of hydrogen-bond acceptors (Lipinski definition) is 5. The molecule has 1 aromatic carbocycles. The van der Waals surface area contributed by atoms with E-state index in [1.807, 2.05) is 0 Å². The fraction of sp³-hybridized carbons (Fsp3) is 0.125. The Labute approximate surface area is 127 Å². The summed E-state index contributed by atoms with van der Waals surface area (Å²) in [5.74, 6) is 0.0825. The third-order valence-electron chi connectivity index (χ3n) is 2.63. The van der Waals surface area contributed by atoms with Crippen molar-refractivity contribution in [3.8, 4) is 5.75 Å². The van der Waals surface area contributed by atoms with Crippen LogP contribution in [0.2, 0.25) is 0 Å². The highest BCUT2D eigenvalue weighted by molar-refractivity contribution is 5.94. The van der Waals surface area contributed by atoms with Crippen molar-refractivity contribution < 1.29 is 23.5 Å². The summed E-state index contributed by atoms with van der Waals surface area (Å²) >= 11 is 0. The molecule has 0 bridgehead atoms. The minimum atomic E-state index is -0.628. The summed E-state index contributed by atoms with van der Waals surface area (Å²) in [4.78, 5) is 23.1. The van der Waals surface area contributed by atoms with Gasteiger partial charge in [-0.1, -0.05) is 6.07 Å². The zero-order chi connectivity index (χ0) is 15.8. The molecule has 2 rings (SSSR count). The van der Waals surface area contributed by atoms with Gasteiger partial charge in [0.2, 0.25) is 0 Å². The first-order valence-corrected chi connectivity index (χ1v) is 6.49. The maximum Gasteiger partial charge on any atom is 0.331 e. The Bertz CT molecular complexity index is 661. The van der Waals surface area contributed by atoms with Gasteiger partial charge in [-0.3, -0.25) is 4.79 Å². The van der Waals surface area contributed by atoms with Crippen molar-refractivity contribution in [1.29, 1.82) is 0 Å². The average Bonchev–Trinajstić information content (AvgIpc) is 3.04. The van der Waals surface area contributed by atoms with Crippen molar-refractivity contribution in [1.82, 2.24) is 0 Å². The lowest BCUT2D eigenvalue weighted by molar-refractivity contribution is -0.142. The van der Waals surface area contributed by atoms with Gasteiger partial charge in [-0.25, -0.2) is 4.79 Å². The molecule has 114 valence electrons. The predicted molar refractivity (Wildman–Crippen MR) is 80.3 cm³/mol. The van der Waals surface area contributed by atoms with E-state index < -0.39 is 11.9 Å². The number of rotatable bonds is 6. The summed E-state index contributed by atoms with van der Waals surface area (Å²) in [5, 5.41) is 2.60. The van der Waals surface area contributed by atoms with Crippen molar-refractivity contribution in [2.75, 3.05) is 19.0 Å². The second-order valence-electron chi connectivity index (χ2n) is 4.24. The maximum absolute atomic E-state index is 11.7. The summed E-state index contributed by atoms with van der Waals surface area (Å²) in [6.07, 6.45) is 4.15. The summed E-state index contributed by atoms with van der Waals surface area (Å²) < 4.78 is 14.9. The molecular weight excluding hydrogens is 286 g/mol. The van der Waals surface area contributed by atoms with Crippen molar-refractivity contribution in [3.63, 3.8) is 0 Å². The first-order chi connectivity index (χ1) is 10.7. The molecule has 0 unspecified atom stereocenters. The topological polar surface area (TPSA) is 77.8 Å². The fourth-order valence-electron chi connectivity index (χ4n) is 1.62. The Morgan fingerprint density at radius 3 is 2.86 bits per heavy atom. The van der Waals surface area contributed by atoms with E-state index in [9.17, 15) is 9.59 Å². The van der Waals surface area contributed by atoms with Crippen LogP contribution in [-0.4, -0.2) is 25.6 Å². The number of furan rings is 1. The van der Waals surface area contributed by atoms with Crippen LogP contribution < -0.4 is 10.1 Å². The van der Waals surface area contributed by atoms with Gasteiger partial charge >= 0.3 is 5.97 Å². The minimum Gasteiger partial charge on any atom is -0.497 e. The Morgan fingerprint density at radius 2 is 2.14 bits per heavy atom. The second-order valence-corrected chi connectivity index (χ2v) is 4.24. The molecule has 0 atom stereocenters. The smallest absolute Gasteiger partial charge is 0.331 e. The van der Waals surface area contributed by atoms with Gasteiger partial charge in [0.1, 0.15) is 11.5 Å². The third kappa shape index (κ3) is 4.82. The first-order valence-electron chi connectivity index (χ1n) is 6.49. The SMILES string of the molecule is COc1cccc(NC(=O)COC(=O)C=Cc2ccco2)c1. The Hall–Kier alpha value is -3.02. The van der Waals surface area contributed by atoms with Crippen LogP contribution in [0.25, 0.3) is 6.08 Å². The molecule has 1 amide bonds. The second kappa shape index (κ2) is 7.68. The van der Waals surface area contributed by atoms with Crippen molar-refractivity contribution in [2.24, 2.45) is 0 Å². The summed E-state index contributed by atoms with van der Waals surface area (Å²) in [6, 6.07) is 10.3. The van der Waals surface area contributed by atoms with E-state index in [1.165, 1.54) is 25.5 Å². The van der Waals surface area contributed by atoms with E-state index >= 15 is 0 Å². The molecule has 0 radical (unpaired) electrons. The standard InChI is InChI=1S/C16H15NO5/c1-20-14-5-2-4-12(10-14)17-15(18)11-22-16(19)8-7-13-6-3-9-21-13/h2-10H,11H2,1H3,(H,17,18). The van der Waals surface area contributed by atoms with Crippen LogP contribution in [0, 0.1) is 0 Å². The van der Waals surface area contributed by atoms with Crippen molar-refractivity contribution >= 4 is 23.6 Å². The zero-order valence-electron chi connectivity index (χ0n) is 11.9. The number of methoxy groups -OCH3 is 1. The van der Waals surface area contributed by atoms with E-state index in [1.54, 1.807) is 36.4 Å². The van der Waals surface area contributed by atoms with Gasteiger partial charge in [0, 0.05) is 17.8 Å². The summed E-state index contributed by atoms with van der Waals surface area (Å²) in [7, 11) is 1.54. The fourth-order valence-corrected chi connectivity index (χ4v) is 1.62. The molecule has 1 heterocycles. The molecule has 6 heteroatoms. The molecule has 1 aromatic heterocycles. The van der Waals surface area contributed by atoms with Gasteiger partial charge in [-0.05, 0) is 30.3 Å². The predicted octanol–water partition coefficient (Wildman–Crippen LogP) is 2.48. The number of esters is 1. The number of nitrogens with one attached hydrogen (secondary N) is 1. The van der Waals surface area contributed by atoms with Gasteiger partial charge in [0.15, 0.2) is 6.61 Å². The average molecular weight is 301 g/mol. The van der Waals surface area contributed by atoms with Crippen LogP contribution in [0.4, 0.5) is 5.69 Å². The van der Waals surface area contributed by atoms with E-state index in [4.69, 9.17) is 13.9 Å². The van der Waals surface area contributed by atoms with Crippen molar-refractivity contribution in [3.05, 3.63) is 54.5 Å². The lowest BCUT2D eigenvalue weighted by Crippen LogP contribution is -2.20. The van der Waals surface area contributed by atoms with E-state index in [0.717, 1.165) is 0 Å². The Balaban J connectivity index is 1.78. The number of hydrogen-bond donors (Lipinski definition) is 1. The lowest BCUT2D eigenvalue weighted by Gasteiger charge is -2.06. The molecule has 0 saturated heterocycles. The molecule has 1 N–H and O–H groups in total. The van der Waals surface area contributed by atoms with Crippen LogP contribution in [0.15, 0.2) is 53.2 Å². The van der Waals surface area contributed by atoms with Gasteiger partial charge in [-0.15, -0.1) is 0 Å². The van der Waals surface area contributed by atoms with Crippen LogP contribution in [0.3, 0.4) is 0 Å². The van der Waals surface area contributed by atoms with Crippen LogP contribution >= 0.6 is 0 Å². The Morgan fingerprint density at radius 1 is 1.27 bits per heavy atom. The number of amides is 1. The highest BCUT2D eigenvalue weighted by Crippen LogP contribution is 2.16. The molecule has 0 aliphatic heterocycles. The zero-order valence-corrected chi connectivity index (χ0v) is 11.9. The highest BCUT2D eigenvalue weighted by Gasteiger charge is 2.06. The number of carbonyl (C=O) groups is 2.